The topological polar surface area (TPSA) is 73.3 Å². The first-order valence-electron chi connectivity index (χ1n) is 6.83. The zero-order chi connectivity index (χ0) is 13.1. The molecule has 2 heterocycles. The fourth-order valence-electron chi connectivity index (χ4n) is 2.40. The highest BCUT2D eigenvalue weighted by Gasteiger charge is 2.13. The van der Waals surface area contributed by atoms with Crippen LogP contribution in [0.5, 0.6) is 0 Å². The lowest BCUT2D eigenvalue weighted by Crippen LogP contribution is -2.22. The van der Waals surface area contributed by atoms with Gasteiger partial charge in [-0.15, -0.1) is 0 Å². The molecular weight excluding hydrogens is 242 g/mol. The minimum absolute atomic E-state index is 0.376. The van der Waals surface area contributed by atoms with Crippen molar-refractivity contribution in [2.45, 2.75) is 31.8 Å². The van der Waals surface area contributed by atoms with Crippen molar-refractivity contribution < 1.29 is 9.15 Å². The Labute approximate surface area is 112 Å². The SMILES string of the molecule is Nc1ccc2oc(NCCC3CCCCO3)nc2c1. The van der Waals surface area contributed by atoms with E-state index in [2.05, 4.69) is 10.3 Å². The number of nitrogens with two attached hydrogens (primary N) is 1. The highest BCUT2D eigenvalue weighted by Crippen LogP contribution is 2.21. The molecule has 3 rings (SSSR count). The van der Waals surface area contributed by atoms with Crippen molar-refractivity contribution in [1.29, 1.82) is 0 Å². The lowest BCUT2D eigenvalue weighted by molar-refractivity contribution is 0.0134. The van der Waals surface area contributed by atoms with Crippen LogP contribution in [0.1, 0.15) is 25.7 Å². The standard InChI is InChI=1S/C14H19N3O2/c15-10-4-5-13-12(9-10)17-14(19-13)16-7-6-11-3-1-2-8-18-11/h4-5,9,11H,1-3,6-8,15H2,(H,16,17). The van der Waals surface area contributed by atoms with Crippen molar-refractivity contribution in [3.05, 3.63) is 18.2 Å². The zero-order valence-electron chi connectivity index (χ0n) is 10.9. The van der Waals surface area contributed by atoms with E-state index >= 15 is 0 Å². The summed E-state index contributed by atoms with van der Waals surface area (Å²) in [5.74, 6) is 0. The summed E-state index contributed by atoms with van der Waals surface area (Å²) in [5, 5.41) is 3.20. The number of nitrogens with zero attached hydrogens (tertiary/aromatic N) is 1. The van der Waals surface area contributed by atoms with Gasteiger partial charge in [0.05, 0.1) is 6.10 Å². The van der Waals surface area contributed by atoms with Crippen molar-refractivity contribution in [2.75, 3.05) is 24.2 Å². The largest absolute Gasteiger partial charge is 0.424 e. The molecule has 0 bridgehead atoms. The van der Waals surface area contributed by atoms with Crippen molar-refractivity contribution in [3.8, 4) is 0 Å². The highest BCUT2D eigenvalue weighted by atomic mass is 16.5. The normalized spacial score (nSPS) is 19.7. The molecule has 3 N–H and O–H groups in total. The summed E-state index contributed by atoms with van der Waals surface area (Å²) in [4.78, 5) is 4.36. The number of benzene rings is 1. The lowest BCUT2D eigenvalue weighted by atomic mass is 10.1. The van der Waals surface area contributed by atoms with Crippen molar-refractivity contribution >= 4 is 22.8 Å². The summed E-state index contributed by atoms with van der Waals surface area (Å²) in [6.45, 7) is 1.71. The lowest BCUT2D eigenvalue weighted by Gasteiger charge is -2.22. The molecule has 0 amide bonds. The molecule has 1 aliphatic rings. The van der Waals surface area contributed by atoms with Crippen LogP contribution in [-0.2, 0) is 4.74 Å². The number of hydrogen-bond acceptors (Lipinski definition) is 5. The average Bonchev–Trinajstić information content (AvgIpc) is 2.82. The number of nitrogen functional groups attached to an aromatic ring is 1. The van der Waals surface area contributed by atoms with Gasteiger partial charge >= 0.3 is 0 Å². The van der Waals surface area contributed by atoms with Crippen LogP contribution in [0, 0.1) is 0 Å². The van der Waals surface area contributed by atoms with Crippen LogP contribution in [0.15, 0.2) is 22.6 Å². The predicted octanol–water partition coefficient (Wildman–Crippen LogP) is 2.78. The number of nitrogens with one attached hydrogen (secondary N) is 1. The first-order valence-corrected chi connectivity index (χ1v) is 6.83. The number of rotatable bonds is 4. The van der Waals surface area contributed by atoms with Crippen LogP contribution in [0.25, 0.3) is 11.1 Å². The van der Waals surface area contributed by atoms with Gasteiger partial charge in [-0.3, -0.25) is 0 Å². The van der Waals surface area contributed by atoms with Gasteiger partial charge in [0.1, 0.15) is 5.52 Å². The second-order valence-corrected chi connectivity index (χ2v) is 4.95. The van der Waals surface area contributed by atoms with E-state index in [9.17, 15) is 0 Å². The van der Waals surface area contributed by atoms with Crippen LogP contribution < -0.4 is 11.1 Å². The Balaban J connectivity index is 1.56. The van der Waals surface area contributed by atoms with E-state index in [0.29, 0.717) is 17.8 Å². The maximum absolute atomic E-state index is 5.71. The fourth-order valence-corrected chi connectivity index (χ4v) is 2.40. The first-order chi connectivity index (χ1) is 9.31. The molecule has 1 aromatic carbocycles. The number of anilines is 2. The van der Waals surface area contributed by atoms with Gasteiger partial charge in [0.25, 0.3) is 6.01 Å². The first kappa shape index (κ1) is 12.3. The van der Waals surface area contributed by atoms with E-state index in [4.69, 9.17) is 14.9 Å². The molecule has 19 heavy (non-hydrogen) atoms. The summed E-state index contributed by atoms with van der Waals surface area (Å²) in [6.07, 6.45) is 4.98. The molecule has 1 aliphatic heterocycles. The van der Waals surface area contributed by atoms with Crippen LogP contribution in [-0.4, -0.2) is 24.2 Å². The molecule has 1 saturated heterocycles. The molecule has 5 nitrogen and oxygen atoms in total. The van der Waals surface area contributed by atoms with Gasteiger partial charge in [0.15, 0.2) is 5.58 Å². The quantitative estimate of drug-likeness (QED) is 0.828. The minimum Gasteiger partial charge on any atom is -0.424 e. The monoisotopic (exact) mass is 261 g/mol. The Morgan fingerprint density at radius 1 is 1.37 bits per heavy atom. The van der Waals surface area contributed by atoms with Gasteiger partial charge in [0.2, 0.25) is 0 Å². The van der Waals surface area contributed by atoms with Crippen molar-refractivity contribution in [1.82, 2.24) is 4.98 Å². The minimum atomic E-state index is 0.376. The van der Waals surface area contributed by atoms with E-state index in [0.717, 1.165) is 37.1 Å². The van der Waals surface area contributed by atoms with Crippen LogP contribution in [0.4, 0.5) is 11.7 Å². The molecule has 0 spiro atoms. The van der Waals surface area contributed by atoms with Gasteiger partial charge < -0.3 is 20.2 Å². The Kier molecular flexibility index (Phi) is 3.55. The summed E-state index contributed by atoms with van der Waals surface area (Å²) in [7, 11) is 0. The molecule has 1 unspecified atom stereocenters. The summed E-state index contributed by atoms with van der Waals surface area (Å²) in [6, 6.07) is 6.02. The number of fused-ring (bicyclic) bond motifs is 1. The van der Waals surface area contributed by atoms with E-state index in [-0.39, 0.29) is 0 Å². The summed E-state index contributed by atoms with van der Waals surface area (Å²) in [5.41, 5.74) is 7.95. The third-order valence-electron chi connectivity index (χ3n) is 3.43. The second kappa shape index (κ2) is 5.48. The Morgan fingerprint density at radius 3 is 3.16 bits per heavy atom. The molecule has 102 valence electrons. The Morgan fingerprint density at radius 2 is 2.32 bits per heavy atom. The molecule has 0 aliphatic carbocycles. The number of ether oxygens (including phenoxy) is 1. The van der Waals surface area contributed by atoms with Crippen molar-refractivity contribution in [2.24, 2.45) is 0 Å². The predicted molar refractivity (Wildman–Crippen MR) is 75.1 cm³/mol. The maximum Gasteiger partial charge on any atom is 0.295 e. The highest BCUT2D eigenvalue weighted by molar-refractivity contribution is 5.78. The van der Waals surface area contributed by atoms with Gasteiger partial charge in [-0.25, -0.2) is 0 Å². The third-order valence-corrected chi connectivity index (χ3v) is 3.43. The molecule has 5 heteroatoms. The molecular formula is C14H19N3O2. The Hall–Kier alpha value is -1.75. The summed E-state index contributed by atoms with van der Waals surface area (Å²) >= 11 is 0. The number of oxazole rings is 1. The van der Waals surface area contributed by atoms with Gasteiger partial charge in [-0.05, 0) is 43.9 Å². The molecule has 1 fully saturated rings. The Bertz CT molecular complexity index is 547. The maximum atomic E-state index is 5.71. The number of hydrogen-bond donors (Lipinski definition) is 2. The van der Waals surface area contributed by atoms with Crippen molar-refractivity contribution in [3.63, 3.8) is 0 Å². The van der Waals surface area contributed by atoms with Crippen LogP contribution >= 0.6 is 0 Å². The smallest absolute Gasteiger partial charge is 0.295 e. The number of aromatic nitrogens is 1. The second-order valence-electron chi connectivity index (χ2n) is 4.95. The van der Waals surface area contributed by atoms with E-state index in [1.54, 1.807) is 0 Å². The molecule has 0 saturated carbocycles. The van der Waals surface area contributed by atoms with E-state index < -0.39 is 0 Å². The zero-order valence-corrected chi connectivity index (χ0v) is 10.9. The molecule has 0 radical (unpaired) electrons. The van der Waals surface area contributed by atoms with E-state index in [1.807, 2.05) is 18.2 Å². The van der Waals surface area contributed by atoms with E-state index in [1.165, 1.54) is 12.8 Å². The third kappa shape index (κ3) is 2.98. The van der Waals surface area contributed by atoms with Crippen LogP contribution in [0.2, 0.25) is 0 Å². The fraction of sp³-hybridized carbons (Fsp3) is 0.500. The molecule has 1 atom stereocenters. The van der Waals surface area contributed by atoms with Gasteiger partial charge in [-0.1, -0.05) is 0 Å². The molecule has 2 aromatic rings. The van der Waals surface area contributed by atoms with Gasteiger partial charge in [0, 0.05) is 18.8 Å². The summed E-state index contributed by atoms with van der Waals surface area (Å²) < 4.78 is 11.3. The van der Waals surface area contributed by atoms with Gasteiger partial charge in [-0.2, -0.15) is 4.98 Å². The molecule has 1 aromatic heterocycles. The van der Waals surface area contributed by atoms with Crippen LogP contribution in [0.3, 0.4) is 0 Å². The average molecular weight is 261 g/mol.